The standard InChI is InChI=1S/C38H45F2N6O5.H3P.H2S.Tl/c1-9-11-12-17-46(36(47)51-37(3,4)5)44-34-28-20-41-32(31(40)33(28)42-35(43-34)49-22-38(15-16-38)21-45(6)7)27-19-25(50-23-48-8)18-24-13-14-29(39)26(10-2)30(24)27;;;/h13-14,18-20H,9,11-12,15-17,21-23H2,1,3-8H3,(H,42,43,44);1H3;1H2;/p-1. The van der Waals surface area contributed by atoms with Crippen LogP contribution in [-0.4, -0.2) is 110 Å². The summed E-state index contributed by atoms with van der Waals surface area (Å²) < 4.78 is 58.1. The number of hydrogen-bond acceptors (Lipinski definition) is 11. The zero-order valence-electron chi connectivity index (χ0n) is 32.0. The quantitative estimate of drug-likeness (QED) is 0.0198. The Kier molecular flexibility index (Phi) is 16.5. The molecule has 290 valence electrons. The third kappa shape index (κ3) is 11.2. The molecule has 1 saturated carbocycles. The van der Waals surface area contributed by atoms with Crippen molar-refractivity contribution in [3.8, 4) is 32.4 Å². The van der Waals surface area contributed by atoms with Gasteiger partial charge < -0.3 is 23.1 Å². The fourth-order valence-corrected chi connectivity index (χ4v) is 6.51. The van der Waals surface area contributed by atoms with Gasteiger partial charge in [0.15, 0.2) is 0 Å². The summed E-state index contributed by atoms with van der Waals surface area (Å²) in [5, 5.41) is 2.51. The number of hydrazine groups is 1. The van der Waals surface area contributed by atoms with Gasteiger partial charge in [-0.2, -0.15) is 9.90 Å². The van der Waals surface area contributed by atoms with Crippen molar-refractivity contribution in [3.05, 3.63) is 47.7 Å². The third-order valence-corrected chi connectivity index (χ3v) is 9.02. The number of carbonyl (C=O) groups is 1. The van der Waals surface area contributed by atoms with Crippen LogP contribution in [0.3, 0.4) is 0 Å². The average molecular weight is 975 g/mol. The first-order valence-electron chi connectivity index (χ1n) is 17.3. The van der Waals surface area contributed by atoms with Crippen LogP contribution in [0.1, 0.15) is 65.4 Å². The number of fused-ring (bicyclic) bond motifs is 2. The van der Waals surface area contributed by atoms with E-state index in [-0.39, 0.29) is 75.2 Å². The maximum absolute atomic E-state index is 17.1. The van der Waals surface area contributed by atoms with Gasteiger partial charge >= 0.3 is 208 Å². The van der Waals surface area contributed by atoms with Crippen LogP contribution >= 0.6 is 9.90 Å². The van der Waals surface area contributed by atoms with Gasteiger partial charge in [-0.05, 0) is 54.1 Å². The van der Waals surface area contributed by atoms with Crippen molar-refractivity contribution in [2.24, 2.45) is 5.41 Å². The topological polar surface area (TPSA) is 111 Å². The largest absolute Gasteiger partial charge is 0.813 e. The van der Waals surface area contributed by atoms with Crippen molar-refractivity contribution >= 4 is 82.7 Å². The molecule has 4 aromatic rings. The van der Waals surface area contributed by atoms with Gasteiger partial charge in [0, 0.05) is 18.5 Å². The number of rotatable bonds is 15. The summed E-state index contributed by atoms with van der Waals surface area (Å²) >= 11 is 0.290. The number of unbranched alkanes of at least 4 members (excludes halogenated alkanes) is 2. The molecule has 11 nitrogen and oxygen atoms in total. The predicted octanol–water partition coefficient (Wildman–Crippen LogP) is 6.85. The number of amides is 1. The van der Waals surface area contributed by atoms with Gasteiger partial charge in [0.1, 0.15) is 5.60 Å². The van der Waals surface area contributed by atoms with E-state index in [1.807, 2.05) is 14.1 Å². The van der Waals surface area contributed by atoms with Crippen molar-refractivity contribution < 1.29 is 32.5 Å². The van der Waals surface area contributed by atoms with Gasteiger partial charge in [-0.3, -0.25) is 0 Å². The Morgan fingerprint density at radius 3 is 2.48 bits per heavy atom. The summed E-state index contributed by atoms with van der Waals surface area (Å²) in [6.45, 7) is 8.82. The van der Waals surface area contributed by atoms with Gasteiger partial charge in [-0.1, -0.05) is 19.8 Å². The molecule has 0 bridgehead atoms. The van der Waals surface area contributed by atoms with E-state index in [1.54, 1.807) is 39.0 Å². The fraction of sp³-hybridized carbons (Fsp3) is 0.474. The van der Waals surface area contributed by atoms with Crippen LogP contribution in [0.15, 0.2) is 30.5 Å². The molecule has 2 aromatic heterocycles. The van der Waals surface area contributed by atoms with Crippen LogP contribution in [0.25, 0.3) is 32.9 Å². The monoisotopic (exact) mass is 975 g/mol. The third-order valence-electron chi connectivity index (χ3n) is 8.46. The molecule has 1 aliphatic rings. The van der Waals surface area contributed by atoms with E-state index >= 15 is 8.78 Å². The number of aromatic nitrogens is 3. The van der Waals surface area contributed by atoms with E-state index in [0.29, 0.717) is 61.9 Å². The molecule has 2 heterocycles. The summed E-state index contributed by atoms with van der Waals surface area (Å²) in [5.41, 5.74) is 2.47. The number of anilines is 1. The summed E-state index contributed by atoms with van der Waals surface area (Å²) in [7, 11) is 5.51. The Bertz CT molecular complexity index is 2010. The first kappa shape index (κ1) is 45.3. The zero-order valence-corrected chi connectivity index (χ0v) is 38.8. The van der Waals surface area contributed by atoms with Gasteiger partial charge in [0.25, 0.3) is 0 Å². The Morgan fingerprint density at radius 1 is 1.11 bits per heavy atom. The number of pyridine rings is 1. The number of ether oxygens (including phenoxy) is 4. The summed E-state index contributed by atoms with van der Waals surface area (Å²) in [4.78, 5) is 29.3. The van der Waals surface area contributed by atoms with E-state index in [0.717, 1.165) is 32.2 Å². The van der Waals surface area contributed by atoms with Crippen LogP contribution in [0.2, 0.25) is 0 Å². The molecule has 1 aliphatic carbocycles. The van der Waals surface area contributed by atoms with Gasteiger partial charge in [-0.25, -0.2) is 4.79 Å². The Hall–Kier alpha value is -3.10. The first-order chi connectivity index (χ1) is 24.8. The molecule has 1 N–H and O–H groups in total. The van der Waals surface area contributed by atoms with E-state index in [1.165, 1.54) is 24.4 Å². The minimum absolute atomic E-state index is 0. The average Bonchev–Trinajstić information content (AvgIpc) is 3.85. The van der Waals surface area contributed by atoms with Crippen molar-refractivity contribution in [2.75, 3.05) is 53.1 Å². The molecule has 0 saturated heterocycles. The summed E-state index contributed by atoms with van der Waals surface area (Å²) in [5.74, 6) is 2.07. The maximum Gasteiger partial charge on any atom is 0.429 e. The molecule has 0 radical (unpaired) electrons. The van der Waals surface area contributed by atoms with E-state index < -0.39 is 23.3 Å². The maximum atomic E-state index is 17.1. The van der Waals surface area contributed by atoms with Crippen molar-refractivity contribution in [1.82, 2.24) is 24.9 Å². The number of hydrogen-bond donors (Lipinski definition) is 1. The molecule has 5 rings (SSSR count). The smallest absolute Gasteiger partial charge is 0.429 e. The van der Waals surface area contributed by atoms with Crippen molar-refractivity contribution in [3.63, 3.8) is 0 Å². The molecule has 2 aromatic carbocycles. The van der Waals surface area contributed by atoms with Crippen LogP contribution in [0.4, 0.5) is 19.4 Å². The normalized spacial score (nSPS) is 13.0. The predicted molar refractivity (Wildman–Crippen MR) is 217 cm³/mol. The van der Waals surface area contributed by atoms with Crippen LogP contribution < -0.4 is 14.9 Å². The van der Waals surface area contributed by atoms with Gasteiger partial charge in [0.2, 0.25) is 0 Å². The second-order valence-corrected chi connectivity index (χ2v) is 15.4. The molecular formula is C38H49F2N6O5PSTl-. The van der Waals surface area contributed by atoms with E-state index in [2.05, 4.69) is 41.6 Å². The number of carbonyl (C=O) groups excluding carboxylic acids is 1. The Labute approximate surface area is 342 Å². The molecule has 16 heteroatoms. The zero-order chi connectivity index (χ0) is 37.6. The fourth-order valence-electron chi connectivity index (χ4n) is 5.95. The van der Waals surface area contributed by atoms with Crippen molar-refractivity contribution in [1.29, 1.82) is 0 Å². The Balaban J connectivity index is 0.00000392. The van der Waals surface area contributed by atoms with Crippen LogP contribution in [0, 0.1) is 26.4 Å². The minimum Gasteiger partial charge on any atom is -0.813 e. The van der Waals surface area contributed by atoms with Crippen molar-refractivity contribution in [2.45, 2.75) is 65.4 Å². The number of benzene rings is 2. The summed E-state index contributed by atoms with van der Waals surface area (Å²) in [6, 6.07) is 6.17. The first-order valence-corrected chi connectivity index (χ1v) is 19.5. The number of halogens is 2. The molecule has 1 amide bonds. The number of methoxy groups -OCH3 is 1. The number of nitrogens with zero attached hydrogens (tertiary/aromatic N) is 5. The molecule has 0 spiro atoms. The van der Waals surface area contributed by atoms with Crippen LogP contribution in [0.5, 0.6) is 11.8 Å². The summed E-state index contributed by atoms with van der Waals surface area (Å²) in [6.07, 6.45) is 5.28. The second kappa shape index (κ2) is 19.7. The number of nitrogens with one attached hydrogen (secondary N) is 1. The SMILES string of the molecule is CCCCCN(Nc1nc(OCC2(CN(C)C)CC2)nc2c(F)c(-c3cc(OCOC)cc4ccc(F)c(C#[C][Tl])c34)ncc12)C(=O)OC(C)(C)C.P.[SH-]. The molecule has 0 aliphatic heterocycles. The number of thiol groups is 1. The molecule has 1 atom stereocenters. The minimum atomic E-state index is -0.793. The Morgan fingerprint density at radius 2 is 1.85 bits per heavy atom. The second-order valence-electron chi connectivity index (χ2n) is 14.3. The van der Waals surface area contributed by atoms with Gasteiger partial charge in [-0.15, -0.1) is 0 Å². The molecular weight excluding hydrogens is 926 g/mol. The molecule has 54 heavy (non-hydrogen) atoms. The molecule has 1 fully saturated rings. The van der Waals surface area contributed by atoms with Gasteiger partial charge in [0.05, 0.1) is 0 Å². The molecule has 1 unspecified atom stereocenters. The van der Waals surface area contributed by atoms with E-state index in [9.17, 15) is 4.79 Å². The van der Waals surface area contributed by atoms with E-state index in [4.69, 9.17) is 18.9 Å². The van der Waals surface area contributed by atoms with Crippen LogP contribution in [-0.2, 0) is 23.0 Å².